The third-order valence-electron chi connectivity index (χ3n) is 3.72. The fourth-order valence-electron chi connectivity index (χ4n) is 2.73. The van der Waals surface area contributed by atoms with Crippen LogP contribution in [0.5, 0.6) is 0 Å². The highest BCUT2D eigenvalue weighted by Crippen LogP contribution is 2.21. The molecule has 0 aromatic carbocycles. The lowest BCUT2D eigenvalue weighted by Crippen LogP contribution is -2.40. The van der Waals surface area contributed by atoms with E-state index in [1.807, 2.05) is 6.92 Å². The molecule has 0 bridgehead atoms. The van der Waals surface area contributed by atoms with Gasteiger partial charge in [0, 0.05) is 32.7 Å². The molecule has 0 N–H and O–H groups in total. The lowest BCUT2D eigenvalue weighted by atomic mass is 10.1. The van der Waals surface area contributed by atoms with Crippen LogP contribution in [0.1, 0.15) is 19.8 Å². The highest BCUT2D eigenvalue weighted by Gasteiger charge is 2.31. The van der Waals surface area contributed by atoms with Crippen LogP contribution in [0.2, 0.25) is 0 Å². The van der Waals surface area contributed by atoms with E-state index in [1.54, 1.807) is 4.31 Å². The van der Waals surface area contributed by atoms with E-state index in [9.17, 15) is 8.42 Å². The number of nitrogens with zero attached hydrogens (tertiary/aromatic N) is 2. The predicted molar refractivity (Wildman–Crippen MR) is 71.0 cm³/mol. The van der Waals surface area contributed by atoms with E-state index < -0.39 is 10.0 Å². The Hall–Kier alpha value is -0.170. The maximum Gasteiger partial charge on any atom is 0.214 e. The van der Waals surface area contributed by atoms with Gasteiger partial charge in [-0.05, 0) is 18.8 Å². The van der Waals surface area contributed by atoms with Crippen LogP contribution in [-0.2, 0) is 14.8 Å². The molecule has 0 spiro atoms. The standard InChI is InChI=1S/C12H24N2O3S/c1-2-9-18(15,16)14-4-3-12(11-14)10-13-5-7-17-8-6-13/h12H,2-11H2,1H3/t12-/m0/s1. The van der Waals surface area contributed by atoms with Crippen LogP contribution in [0.4, 0.5) is 0 Å². The molecule has 2 aliphatic rings. The Morgan fingerprint density at radius 1 is 1.22 bits per heavy atom. The van der Waals surface area contributed by atoms with E-state index >= 15 is 0 Å². The lowest BCUT2D eigenvalue weighted by molar-refractivity contribution is 0.0316. The first-order chi connectivity index (χ1) is 8.62. The fourth-order valence-corrected chi connectivity index (χ4v) is 4.33. The molecule has 5 nitrogen and oxygen atoms in total. The summed E-state index contributed by atoms with van der Waals surface area (Å²) in [5.41, 5.74) is 0. The zero-order valence-corrected chi connectivity index (χ0v) is 12.0. The van der Waals surface area contributed by atoms with Crippen LogP contribution < -0.4 is 0 Å². The van der Waals surface area contributed by atoms with Crippen molar-refractivity contribution in [1.82, 2.24) is 9.21 Å². The first-order valence-corrected chi connectivity index (χ1v) is 8.50. The van der Waals surface area contributed by atoms with Crippen LogP contribution in [0, 0.1) is 5.92 Å². The fraction of sp³-hybridized carbons (Fsp3) is 1.00. The summed E-state index contributed by atoms with van der Waals surface area (Å²) >= 11 is 0. The normalized spacial score (nSPS) is 27.7. The van der Waals surface area contributed by atoms with Gasteiger partial charge in [0.1, 0.15) is 0 Å². The maximum atomic E-state index is 12.0. The number of hydrogen-bond donors (Lipinski definition) is 0. The van der Waals surface area contributed by atoms with Gasteiger partial charge >= 0.3 is 0 Å². The molecule has 0 aliphatic carbocycles. The van der Waals surface area contributed by atoms with Crippen LogP contribution in [-0.4, -0.2) is 69.3 Å². The van der Waals surface area contributed by atoms with Crippen molar-refractivity contribution in [1.29, 1.82) is 0 Å². The summed E-state index contributed by atoms with van der Waals surface area (Å²) in [5, 5.41) is 0. The Bertz CT molecular complexity index is 352. The van der Waals surface area contributed by atoms with Crippen LogP contribution in [0.15, 0.2) is 0 Å². The molecule has 106 valence electrons. The molecular weight excluding hydrogens is 252 g/mol. The van der Waals surface area contributed by atoms with Gasteiger partial charge in [0.2, 0.25) is 10.0 Å². The van der Waals surface area contributed by atoms with Crippen molar-refractivity contribution in [2.24, 2.45) is 5.92 Å². The summed E-state index contributed by atoms with van der Waals surface area (Å²) in [6.45, 7) is 7.93. The molecule has 0 aromatic heterocycles. The van der Waals surface area contributed by atoms with E-state index in [-0.39, 0.29) is 5.75 Å². The zero-order chi connectivity index (χ0) is 13.0. The van der Waals surface area contributed by atoms with Gasteiger partial charge < -0.3 is 4.74 Å². The third kappa shape index (κ3) is 3.66. The molecule has 2 fully saturated rings. The van der Waals surface area contributed by atoms with Gasteiger partial charge in [-0.25, -0.2) is 12.7 Å². The maximum absolute atomic E-state index is 12.0. The number of sulfonamides is 1. The van der Waals surface area contributed by atoms with Crippen molar-refractivity contribution in [2.45, 2.75) is 19.8 Å². The second-order valence-electron chi connectivity index (χ2n) is 5.24. The quantitative estimate of drug-likeness (QED) is 0.728. The second kappa shape index (κ2) is 6.32. The van der Waals surface area contributed by atoms with E-state index in [0.29, 0.717) is 25.4 Å². The molecule has 18 heavy (non-hydrogen) atoms. The number of morpholine rings is 1. The van der Waals surface area contributed by atoms with Gasteiger partial charge in [-0.1, -0.05) is 6.92 Å². The van der Waals surface area contributed by atoms with Gasteiger partial charge in [0.25, 0.3) is 0 Å². The first-order valence-electron chi connectivity index (χ1n) is 6.89. The topological polar surface area (TPSA) is 49.9 Å². The Balaban J connectivity index is 1.81. The Kier molecular flexibility index (Phi) is 5.00. The largest absolute Gasteiger partial charge is 0.379 e. The third-order valence-corrected chi connectivity index (χ3v) is 5.77. The Morgan fingerprint density at radius 2 is 1.94 bits per heavy atom. The van der Waals surface area contributed by atoms with Crippen molar-refractivity contribution in [3.05, 3.63) is 0 Å². The molecule has 1 atom stereocenters. The van der Waals surface area contributed by atoms with Crippen molar-refractivity contribution < 1.29 is 13.2 Å². The van der Waals surface area contributed by atoms with Gasteiger partial charge in [-0.15, -0.1) is 0 Å². The van der Waals surface area contributed by atoms with Crippen LogP contribution in [0.25, 0.3) is 0 Å². The van der Waals surface area contributed by atoms with Crippen molar-refractivity contribution >= 4 is 10.0 Å². The molecule has 2 heterocycles. The number of hydrogen-bond acceptors (Lipinski definition) is 4. The van der Waals surface area contributed by atoms with E-state index in [4.69, 9.17) is 4.74 Å². The summed E-state index contributed by atoms with van der Waals surface area (Å²) < 4.78 is 30.9. The summed E-state index contributed by atoms with van der Waals surface area (Å²) in [4.78, 5) is 2.39. The molecule has 0 aromatic rings. The average Bonchev–Trinajstić information content (AvgIpc) is 2.79. The number of rotatable bonds is 5. The smallest absolute Gasteiger partial charge is 0.214 e. The van der Waals surface area contributed by atoms with Crippen molar-refractivity contribution in [2.75, 3.05) is 51.7 Å². The summed E-state index contributed by atoms with van der Waals surface area (Å²) in [5.74, 6) is 0.784. The summed E-state index contributed by atoms with van der Waals surface area (Å²) in [7, 11) is -2.99. The van der Waals surface area contributed by atoms with E-state index in [0.717, 1.165) is 39.3 Å². The van der Waals surface area contributed by atoms with Crippen molar-refractivity contribution in [3.63, 3.8) is 0 Å². The molecule has 0 saturated carbocycles. The SMILES string of the molecule is CCCS(=O)(=O)N1CC[C@@H](CN2CCOCC2)C1. The van der Waals surface area contributed by atoms with Gasteiger partial charge in [-0.3, -0.25) is 4.90 Å². The zero-order valence-electron chi connectivity index (χ0n) is 11.2. The van der Waals surface area contributed by atoms with Crippen LogP contribution in [0.3, 0.4) is 0 Å². The van der Waals surface area contributed by atoms with Gasteiger partial charge in [0.05, 0.1) is 19.0 Å². The first kappa shape index (κ1) is 14.2. The number of ether oxygens (including phenoxy) is 1. The molecule has 2 aliphatic heterocycles. The predicted octanol–water partition coefficient (Wildman–Crippen LogP) is 0.380. The van der Waals surface area contributed by atoms with Gasteiger partial charge in [-0.2, -0.15) is 0 Å². The van der Waals surface area contributed by atoms with E-state index in [2.05, 4.69) is 4.90 Å². The molecular formula is C12H24N2O3S. The Morgan fingerprint density at radius 3 is 2.61 bits per heavy atom. The second-order valence-corrected chi connectivity index (χ2v) is 7.33. The van der Waals surface area contributed by atoms with Crippen molar-refractivity contribution in [3.8, 4) is 0 Å². The average molecular weight is 276 g/mol. The molecule has 2 saturated heterocycles. The summed E-state index contributed by atoms with van der Waals surface area (Å²) in [6.07, 6.45) is 1.70. The highest BCUT2D eigenvalue weighted by molar-refractivity contribution is 7.89. The molecule has 0 radical (unpaired) electrons. The lowest BCUT2D eigenvalue weighted by Gasteiger charge is -2.29. The van der Waals surface area contributed by atoms with Gasteiger partial charge in [0.15, 0.2) is 0 Å². The minimum Gasteiger partial charge on any atom is -0.379 e. The molecule has 2 rings (SSSR count). The monoisotopic (exact) mass is 276 g/mol. The summed E-state index contributed by atoms with van der Waals surface area (Å²) in [6, 6.07) is 0. The molecule has 6 heteroatoms. The highest BCUT2D eigenvalue weighted by atomic mass is 32.2. The molecule has 0 amide bonds. The van der Waals surface area contributed by atoms with E-state index in [1.165, 1.54) is 0 Å². The minimum absolute atomic E-state index is 0.289. The molecule has 0 unspecified atom stereocenters. The minimum atomic E-state index is -2.99. The Labute approximate surface area is 110 Å². The van der Waals surface area contributed by atoms with Crippen LogP contribution >= 0.6 is 0 Å².